The van der Waals surface area contributed by atoms with Crippen molar-refractivity contribution in [2.24, 2.45) is 0 Å². The van der Waals surface area contributed by atoms with Gasteiger partial charge < -0.3 is 14.8 Å². The molecule has 2 aromatic rings. The molecule has 20 heavy (non-hydrogen) atoms. The number of hydrogen-bond acceptors (Lipinski definition) is 3. The predicted octanol–water partition coefficient (Wildman–Crippen LogP) is 3.28. The number of benzene rings is 1. The fraction of sp³-hybridized carbons (Fsp3) is 0. The van der Waals surface area contributed by atoms with Crippen molar-refractivity contribution in [1.82, 2.24) is 0 Å². The molecule has 1 aromatic heterocycles. The van der Waals surface area contributed by atoms with Gasteiger partial charge >= 0.3 is 5.97 Å². The molecule has 0 fully saturated rings. The number of carbonyl (C=O) groups excluding carboxylic acids is 1. The SMILES string of the molecule is O=C(O)C=Cc1cccc(NC(=O)c2ccc(Cl)o2)c1. The minimum absolute atomic E-state index is 0.0986. The predicted molar refractivity (Wildman–Crippen MR) is 74.8 cm³/mol. The topological polar surface area (TPSA) is 79.5 Å². The largest absolute Gasteiger partial charge is 0.478 e. The molecule has 1 aromatic carbocycles. The van der Waals surface area contributed by atoms with Crippen molar-refractivity contribution in [3.63, 3.8) is 0 Å². The van der Waals surface area contributed by atoms with Crippen LogP contribution in [0.3, 0.4) is 0 Å². The van der Waals surface area contributed by atoms with E-state index in [-0.39, 0.29) is 11.0 Å². The number of carboxylic acids is 1. The Morgan fingerprint density at radius 1 is 1.25 bits per heavy atom. The summed E-state index contributed by atoms with van der Waals surface area (Å²) in [5, 5.41) is 11.3. The number of amides is 1. The maximum absolute atomic E-state index is 11.8. The molecule has 102 valence electrons. The molecular formula is C14H10ClNO4. The highest BCUT2D eigenvalue weighted by Gasteiger charge is 2.10. The van der Waals surface area contributed by atoms with Gasteiger partial charge in [-0.05, 0) is 47.5 Å². The molecule has 0 aliphatic carbocycles. The number of halogens is 1. The molecule has 2 N–H and O–H groups in total. The molecule has 1 amide bonds. The Balaban J connectivity index is 2.11. The van der Waals surface area contributed by atoms with E-state index >= 15 is 0 Å². The van der Waals surface area contributed by atoms with Crippen molar-refractivity contribution >= 4 is 35.2 Å². The van der Waals surface area contributed by atoms with Crippen molar-refractivity contribution < 1.29 is 19.1 Å². The summed E-state index contributed by atoms with van der Waals surface area (Å²) in [5.74, 6) is -1.37. The van der Waals surface area contributed by atoms with Crippen LogP contribution in [0.25, 0.3) is 6.08 Å². The lowest BCUT2D eigenvalue weighted by Crippen LogP contribution is -2.10. The normalized spacial score (nSPS) is 10.7. The van der Waals surface area contributed by atoms with Crippen molar-refractivity contribution in [3.8, 4) is 0 Å². The molecule has 0 bridgehead atoms. The van der Waals surface area contributed by atoms with E-state index in [1.165, 1.54) is 18.2 Å². The van der Waals surface area contributed by atoms with E-state index in [1.807, 2.05) is 0 Å². The average Bonchev–Trinajstić information content (AvgIpc) is 2.84. The highest BCUT2D eigenvalue weighted by Crippen LogP contribution is 2.16. The molecular weight excluding hydrogens is 282 g/mol. The maximum atomic E-state index is 11.8. The quantitative estimate of drug-likeness (QED) is 0.847. The lowest BCUT2D eigenvalue weighted by molar-refractivity contribution is -0.131. The van der Waals surface area contributed by atoms with Crippen molar-refractivity contribution in [1.29, 1.82) is 0 Å². The molecule has 0 unspecified atom stereocenters. The lowest BCUT2D eigenvalue weighted by atomic mass is 10.2. The number of carbonyl (C=O) groups is 2. The van der Waals surface area contributed by atoms with E-state index in [1.54, 1.807) is 24.3 Å². The van der Waals surface area contributed by atoms with Crippen LogP contribution in [0.1, 0.15) is 16.1 Å². The fourth-order valence-electron chi connectivity index (χ4n) is 1.52. The number of furan rings is 1. The summed E-state index contributed by atoms with van der Waals surface area (Å²) >= 11 is 5.59. The van der Waals surface area contributed by atoms with Crippen LogP contribution >= 0.6 is 11.6 Å². The van der Waals surface area contributed by atoms with E-state index in [0.717, 1.165) is 6.08 Å². The minimum Gasteiger partial charge on any atom is -0.478 e. The van der Waals surface area contributed by atoms with Crippen LogP contribution in [-0.4, -0.2) is 17.0 Å². The molecule has 0 saturated carbocycles. The molecule has 0 aliphatic heterocycles. The van der Waals surface area contributed by atoms with E-state index in [9.17, 15) is 9.59 Å². The molecule has 0 atom stereocenters. The first-order valence-electron chi connectivity index (χ1n) is 5.62. The van der Waals surface area contributed by atoms with Crippen LogP contribution in [-0.2, 0) is 4.79 Å². The zero-order valence-electron chi connectivity index (χ0n) is 10.2. The Morgan fingerprint density at radius 3 is 2.70 bits per heavy atom. The zero-order valence-corrected chi connectivity index (χ0v) is 10.9. The summed E-state index contributed by atoms with van der Waals surface area (Å²) in [6.45, 7) is 0. The van der Waals surface area contributed by atoms with Crippen LogP contribution in [0.4, 0.5) is 5.69 Å². The molecule has 5 nitrogen and oxygen atoms in total. The summed E-state index contributed by atoms with van der Waals surface area (Å²) in [6.07, 6.45) is 2.45. The van der Waals surface area contributed by atoms with Gasteiger partial charge in [0.25, 0.3) is 5.91 Å². The monoisotopic (exact) mass is 291 g/mol. The molecule has 2 rings (SSSR count). The van der Waals surface area contributed by atoms with Gasteiger partial charge in [-0.2, -0.15) is 0 Å². The van der Waals surface area contributed by atoms with Crippen molar-refractivity contribution in [3.05, 3.63) is 59.0 Å². The number of rotatable bonds is 4. The van der Waals surface area contributed by atoms with Crippen LogP contribution in [0.2, 0.25) is 5.22 Å². The highest BCUT2D eigenvalue weighted by molar-refractivity contribution is 6.29. The number of hydrogen-bond donors (Lipinski definition) is 2. The van der Waals surface area contributed by atoms with Crippen LogP contribution in [0, 0.1) is 0 Å². The van der Waals surface area contributed by atoms with Crippen LogP contribution < -0.4 is 5.32 Å². The second-order valence-electron chi connectivity index (χ2n) is 3.85. The summed E-state index contributed by atoms with van der Waals surface area (Å²) in [7, 11) is 0. The van der Waals surface area contributed by atoms with E-state index in [4.69, 9.17) is 21.1 Å². The Bertz CT molecular complexity index is 675. The molecule has 6 heteroatoms. The molecule has 0 saturated heterocycles. The summed E-state index contributed by atoms with van der Waals surface area (Å²) < 4.78 is 4.99. The van der Waals surface area contributed by atoms with Gasteiger partial charge in [-0.25, -0.2) is 4.79 Å². The third-order valence-corrected chi connectivity index (χ3v) is 2.56. The molecule has 0 aliphatic rings. The standard InChI is InChI=1S/C14H10ClNO4/c15-12-6-5-11(20-12)14(19)16-10-3-1-2-9(8-10)4-7-13(17)18/h1-8H,(H,16,19)(H,17,18). The van der Waals surface area contributed by atoms with Crippen molar-refractivity contribution in [2.45, 2.75) is 0 Å². The summed E-state index contributed by atoms with van der Waals surface area (Å²) in [6, 6.07) is 9.68. The number of aliphatic carboxylic acids is 1. The summed E-state index contributed by atoms with van der Waals surface area (Å²) in [5.41, 5.74) is 1.18. The van der Waals surface area contributed by atoms with Gasteiger partial charge in [0, 0.05) is 11.8 Å². The Morgan fingerprint density at radius 2 is 2.05 bits per heavy atom. The Kier molecular flexibility index (Phi) is 4.22. The lowest BCUT2D eigenvalue weighted by Gasteiger charge is -2.04. The van der Waals surface area contributed by atoms with Crippen LogP contribution in [0.15, 0.2) is 46.9 Å². The first-order valence-corrected chi connectivity index (χ1v) is 6.00. The van der Waals surface area contributed by atoms with Gasteiger partial charge in [-0.3, -0.25) is 4.79 Å². The van der Waals surface area contributed by atoms with E-state index in [2.05, 4.69) is 5.32 Å². The number of nitrogens with one attached hydrogen (secondary N) is 1. The van der Waals surface area contributed by atoms with Gasteiger partial charge in [0.2, 0.25) is 0 Å². The highest BCUT2D eigenvalue weighted by atomic mass is 35.5. The summed E-state index contributed by atoms with van der Waals surface area (Å²) in [4.78, 5) is 22.3. The number of carboxylic acid groups (broad SMARTS) is 1. The first kappa shape index (κ1) is 13.9. The third-order valence-electron chi connectivity index (χ3n) is 2.36. The van der Waals surface area contributed by atoms with Crippen molar-refractivity contribution in [2.75, 3.05) is 5.32 Å². The fourth-order valence-corrected chi connectivity index (χ4v) is 1.66. The maximum Gasteiger partial charge on any atom is 0.328 e. The second-order valence-corrected chi connectivity index (χ2v) is 4.23. The first-order chi connectivity index (χ1) is 9.54. The van der Waals surface area contributed by atoms with Gasteiger partial charge in [-0.15, -0.1) is 0 Å². The number of anilines is 1. The smallest absolute Gasteiger partial charge is 0.328 e. The molecule has 0 spiro atoms. The average molecular weight is 292 g/mol. The van der Waals surface area contributed by atoms with Gasteiger partial charge in [0.05, 0.1) is 0 Å². The van der Waals surface area contributed by atoms with Gasteiger partial charge in [0.1, 0.15) is 0 Å². The Labute approximate surface area is 119 Å². The van der Waals surface area contributed by atoms with E-state index in [0.29, 0.717) is 11.3 Å². The second kappa shape index (κ2) is 6.08. The zero-order chi connectivity index (χ0) is 14.5. The van der Waals surface area contributed by atoms with Crippen LogP contribution in [0.5, 0.6) is 0 Å². The molecule has 1 heterocycles. The van der Waals surface area contributed by atoms with Gasteiger partial charge in [-0.1, -0.05) is 12.1 Å². The molecule has 0 radical (unpaired) electrons. The Hall–Kier alpha value is -2.53. The third kappa shape index (κ3) is 3.73. The van der Waals surface area contributed by atoms with Gasteiger partial charge in [0.15, 0.2) is 11.0 Å². The minimum atomic E-state index is -1.04. The van der Waals surface area contributed by atoms with E-state index < -0.39 is 11.9 Å².